The summed E-state index contributed by atoms with van der Waals surface area (Å²) in [5.41, 5.74) is -0.491. The first-order valence-electron chi connectivity index (χ1n) is 5.01. The van der Waals surface area contributed by atoms with E-state index in [9.17, 15) is 9.59 Å². The molecular weight excluding hydrogens is 304 g/mol. The predicted molar refractivity (Wildman–Crippen MR) is 67.4 cm³/mol. The largest absolute Gasteiger partial charge is 0.446 e. The SMILES string of the molecule is Cn1c(=O)[nH]c(=O)c2[nH]c(-c3ccc(Br)o3)nc21. The van der Waals surface area contributed by atoms with Crippen LogP contribution in [0.2, 0.25) is 0 Å². The second kappa shape index (κ2) is 3.70. The van der Waals surface area contributed by atoms with Crippen molar-refractivity contribution >= 4 is 27.1 Å². The van der Waals surface area contributed by atoms with E-state index in [1.807, 2.05) is 0 Å². The molecule has 0 aliphatic carbocycles. The Kier molecular flexibility index (Phi) is 2.27. The van der Waals surface area contributed by atoms with Gasteiger partial charge in [-0.3, -0.25) is 14.3 Å². The molecular formula is C10H7BrN4O3. The molecule has 3 rings (SSSR count). The molecule has 0 amide bonds. The van der Waals surface area contributed by atoms with Crippen molar-refractivity contribution in [1.82, 2.24) is 19.5 Å². The lowest BCUT2D eigenvalue weighted by atomic mass is 10.4. The number of fused-ring (bicyclic) bond motifs is 1. The van der Waals surface area contributed by atoms with Crippen LogP contribution in [0.25, 0.3) is 22.7 Å². The summed E-state index contributed by atoms with van der Waals surface area (Å²) in [4.78, 5) is 32.3. The predicted octanol–water partition coefficient (Wildman–Crippen LogP) is 0.972. The summed E-state index contributed by atoms with van der Waals surface area (Å²) >= 11 is 3.18. The maximum absolute atomic E-state index is 11.6. The van der Waals surface area contributed by atoms with Gasteiger partial charge < -0.3 is 9.40 Å². The molecule has 0 aromatic carbocycles. The maximum atomic E-state index is 11.6. The minimum absolute atomic E-state index is 0.236. The Balaban J connectivity index is 2.35. The van der Waals surface area contributed by atoms with Crippen molar-refractivity contribution in [2.24, 2.45) is 7.05 Å². The first-order valence-corrected chi connectivity index (χ1v) is 5.80. The first kappa shape index (κ1) is 11.0. The second-order valence-corrected chi connectivity index (χ2v) is 4.49. The van der Waals surface area contributed by atoms with Gasteiger partial charge in [0.15, 0.2) is 21.9 Å². The molecule has 7 nitrogen and oxygen atoms in total. The van der Waals surface area contributed by atoms with Gasteiger partial charge in [-0.25, -0.2) is 9.78 Å². The van der Waals surface area contributed by atoms with E-state index in [0.29, 0.717) is 16.3 Å². The van der Waals surface area contributed by atoms with Gasteiger partial charge in [0, 0.05) is 7.05 Å². The van der Waals surface area contributed by atoms with Gasteiger partial charge in [0.05, 0.1) is 0 Å². The number of rotatable bonds is 1. The van der Waals surface area contributed by atoms with Crippen molar-refractivity contribution in [2.75, 3.05) is 0 Å². The summed E-state index contributed by atoms with van der Waals surface area (Å²) in [6.07, 6.45) is 0. The normalized spacial score (nSPS) is 11.2. The van der Waals surface area contributed by atoms with E-state index in [-0.39, 0.29) is 11.2 Å². The van der Waals surface area contributed by atoms with E-state index in [4.69, 9.17) is 4.42 Å². The van der Waals surface area contributed by atoms with Gasteiger partial charge in [0.25, 0.3) is 5.56 Å². The zero-order chi connectivity index (χ0) is 12.9. The molecule has 0 saturated carbocycles. The van der Waals surface area contributed by atoms with E-state index in [1.54, 1.807) is 12.1 Å². The number of H-pyrrole nitrogens is 2. The number of nitrogens with zero attached hydrogens (tertiary/aromatic N) is 2. The quantitative estimate of drug-likeness (QED) is 0.700. The first-order chi connectivity index (χ1) is 8.56. The minimum atomic E-state index is -0.508. The molecule has 0 unspecified atom stereocenters. The number of halogens is 1. The van der Waals surface area contributed by atoms with Gasteiger partial charge in [0.2, 0.25) is 0 Å². The Morgan fingerprint density at radius 3 is 2.78 bits per heavy atom. The van der Waals surface area contributed by atoms with Gasteiger partial charge in [-0.05, 0) is 28.1 Å². The fourth-order valence-electron chi connectivity index (χ4n) is 1.66. The van der Waals surface area contributed by atoms with Crippen LogP contribution in [0.1, 0.15) is 0 Å². The summed E-state index contributed by atoms with van der Waals surface area (Å²) in [5.74, 6) is 0.868. The van der Waals surface area contributed by atoms with Crippen LogP contribution in [0.3, 0.4) is 0 Å². The van der Waals surface area contributed by atoms with Crippen LogP contribution in [-0.2, 0) is 7.05 Å². The van der Waals surface area contributed by atoms with Gasteiger partial charge in [-0.15, -0.1) is 0 Å². The summed E-state index contributed by atoms with van der Waals surface area (Å²) in [6.45, 7) is 0. The van der Waals surface area contributed by atoms with Gasteiger partial charge in [0.1, 0.15) is 5.52 Å². The third kappa shape index (κ3) is 1.53. The maximum Gasteiger partial charge on any atom is 0.329 e. The highest BCUT2D eigenvalue weighted by molar-refractivity contribution is 9.10. The Morgan fingerprint density at radius 2 is 2.11 bits per heavy atom. The van der Waals surface area contributed by atoms with E-state index < -0.39 is 11.2 Å². The van der Waals surface area contributed by atoms with Crippen LogP contribution in [0.4, 0.5) is 0 Å². The third-order valence-electron chi connectivity index (χ3n) is 2.56. The fraction of sp³-hybridized carbons (Fsp3) is 0.100. The molecule has 3 aromatic heterocycles. The molecule has 0 aliphatic heterocycles. The third-order valence-corrected chi connectivity index (χ3v) is 2.99. The van der Waals surface area contributed by atoms with Crippen LogP contribution in [0.5, 0.6) is 0 Å². The zero-order valence-electron chi connectivity index (χ0n) is 9.15. The fourth-order valence-corrected chi connectivity index (χ4v) is 1.97. The number of hydrogen-bond acceptors (Lipinski definition) is 4. The number of nitrogens with one attached hydrogen (secondary N) is 2. The number of furan rings is 1. The number of imidazole rings is 1. The van der Waals surface area contributed by atoms with Crippen molar-refractivity contribution in [2.45, 2.75) is 0 Å². The molecule has 0 fully saturated rings. The lowest BCUT2D eigenvalue weighted by Gasteiger charge is -1.94. The molecule has 0 spiro atoms. The van der Waals surface area contributed by atoms with Crippen LogP contribution < -0.4 is 11.2 Å². The van der Waals surface area contributed by atoms with Gasteiger partial charge >= 0.3 is 5.69 Å². The monoisotopic (exact) mass is 310 g/mol. The van der Waals surface area contributed by atoms with E-state index in [2.05, 4.69) is 30.9 Å². The molecule has 92 valence electrons. The van der Waals surface area contributed by atoms with E-state index >= 15 is 0 Å². The average molecular weight is 311 g/mol. The number of aromatic amines is 2. The highest BCUT2D eigenvalue weighted by Crippen LogP contribution is 2.23. The lowest BCUT2D eigenvalue weighted by molar-refractivity contribution is 0.552. The molecule has 0 atom stereocenters. The number of aryl methyl sites for hydroxylation is 1. The van der Waals surface area contributed by atoms with Crippen molar-refractivity contribution in [1.29, 1.82) is 0 Å². The summed E-state index contributed by atoms with van der Waals surface area (Å²) in [7, 11) is 1.53. The molecule has 0 saturated heterocycles. The second-order valence-electron chi connectivity index (χ2n) is 3.71. The molecule has 0 radical (unpaired) electrons. The molecule has 2 N–H and O–H groups in total. The van der Waals surface area contributed by atoms with Crippen molar-refractivity contribution in [3.8, 4) is 11.6 Å². The average Bonchev–Trinajstić information content (AvgIpc) is 2.92. The minimum Gasteiger partial charge on any atom is -0.446 e. The molecule has 8 heteroatoms. The Morgan fingerprint density at radius 1 is 1.33 bits per heavy atom. The molecule has 18 heavy (non-hydrogen) atoms. The van der Waals surface area contributed by atoms with Crippen molar-refractivity contribution in [3.63, 3.8) is 0 Å². The van der Waals surface area contributed by atoms with Crippen LogP contribution in [0.15, 0.2) is 30.8 Å². The van der Waals surface area contributed by atoms with Gasteiger partial charge in [-0.1, -0.05) is 0 Å². The summed E-state index contributed by atoms with van der Waals surface area (Å²) in [6, 6.07) is 3.42. The summed E-state index contributed by atoms with van der Waals surface area (Å²) < 4.78 is 7.15. The smallest absolute Gasteiger partial charge is 0.329 e. The Bertz CT molecular complexity index is 854. The molecule has 0 aliphatic rings. The van der Waals surface area contributed by atoms with Crippen LogP contribution in [-0.4, -0.2) is 19.5 Å². The van der Waals surface area contributed by atoms with Crippen molar-refractivity contribution < 1.29 is 4.42 Å². The zero-order valence-corrected chi connectivity index (χ0v) is 10.7. The Labute approximate surface area is 108 Å². The number of hydrogen-bond donors (Lipinski definition) is 2. The molecule has 0 bridgehead atoms. The highest BCUT2D eigenvalue weighted by atomic mass is 79.9. The Hall–Kier alpha value is -2.09. The topological polar surface area (TPSA) is 96.7 Å². The van der Waals surface area contributed by atoms with Crippen molar-refractivity contribution in [3.05, 3.63) is 37.6 Å². The number of aromatic nitrogens is 4. The summed E-state index contributed by atoms with van der Waals surface area (Å²) in [5, 5.41) is 0. The van der Waals surface area contributed by atoms with Crippen LogP contribution >= 0.6 is 15.9 Å². The van der Waals surface area contributed by atoms with Crippen LogP contribution in [0, 0.1) is 0 Å². The van der Waals surface area contributed by atoms with E-state index in [1.165, 1.54) is 11.6 Å². The van der Waals surface area contributed by atoms with Gasteiger partial charge in [-0.2, -0.15) is 0 Å². The standard InChI is InChI=1S/C10H7BrN4O3/c1-15-8-6(9(16)14-10(15)17)12-7(13-8)4-2-3-5(11)18-4/h2-3H,1H3,(H,12,13)(H,14,16,17). The molecule has 3 heterocycles. The lowest BCUT2D eigenvalue weighted by Crippen LogP contribution is -2.28. The molecule has 3 aromatic rings. The highest BCUT2D eigenvalue weighted by Gasteiger charge is 2.13. The van der Waals surface area contributed by atoms with E-state index in [0.717, 1.165) is 0 Å².